The minimum Gasteiger partial charge on any atom is -0.269 e. The summed E-state index contributed by atoms with van der Waals surface area (Å²) >= 11 is 5.99. The lowest BCUT2D eigenvalue weighted by Crippen LogP contribution is -2.30. The number of anilines is 1. The summed E-state index contributed by atoms with van der Waals surface area (Å²) in [7, 11) is 0. The molecule has 0 aliphatic carbocycles. The summed E-state index contributed by atoms with van der Waals surface area (Å²) < 4.78 is 0. The molecule has 0 N–H and O–H groups in total. The zero-order valence-electron chi connectivity index (χ0n) is 12.5. The van der Waals surface area contributed by atoms with Crippen molar-refractivity contribution in [3.63, 3.8) is 0 Å². The third-order valence-electron chi connectivity index (χ3n) is 3.54. The van der Waals surface area contributed by atoms with Crippen molar-refractivity contribution in [3.05, 3.63) is 76.3 Å². The summed E-state index contributed by atoms with van der Waals surface area (Å²) in [6.07, 6.45) is 6.36. The van der Waals surface area contributed by atoms with E-state index in [9.17, 15) is 9.59 Å². The summed E-state index contributed by atoms with van der Waals surface area (Å²) in [5.74, 6) is -0.646. The van der Waals surface area contributed by atoms with Crippen LogP contribution in [0.3, 0.4) is 0 Å². The summed E-state index contributed by atoms with van der Waals surface area (Å²) in [5, 5.41) is 0.658. The lowest BCUT2D eigenvalue weighted by Gasteiger charge is -2.17. The van der Waals surface area contributed by atoms with Crippen molar-refractivity contribution in [2.45, 2.75) is 6.92 Å². The second-order valence-electron chi connectivity index (χ2n) is 5.30. The van der Waals surface area contributed by atoms with E-state index in [2.05, 4.69) is 0 Å². The molecule has 0 spiro atoms. The molecule has 114 valence electrons. The normalized spacial score (nSPS) is 14.3. The first-order valence-corrected chi connectivity index (χ1v) is 7.53. The highest BCUT2D eigenvalue weighted by Gasteiger charge is 2.26. The molecule has 2 amide bonds. The molecule has 23 heavy (non-hydrogen) atoms. The van der Waals surface area contributed by atoms with Gasteiger partial charge in [-0.05, 0) is 42.3 Å². The van der Waals surface area contributed by atoms with E-state index in [1.165, 1.54) is 17.1 Å². The highest BCUT2D eigenvalue weighted by molar-refractivity contribution is 6.30. The van der Waals surface area contributed by atoms with Crippen LogP contribution in [0.2, 0.25) is 5.02 Å². The maximum atomic E-state index is 11.9. The quantitative estimate of drug-likeness (QED) is 0.625. The van der Waals surface area contributed by atoms with Crippen LogP contribution in [-0.4, -0.2) is 11.8 Å². The average molecular weight is 324 g/mol. The second-order valence-corrected chi connectivity index (χ2v) is 5.73. The molecule has 0 fully saturated rings. The van der Waals surface area contributed by atoms with Gasteiger partial charge in [-0.2, -0.15) is 0 Å². The minimum atomic E-state index is -0.323. The number of nitrogens with zero attached hydrogens (tertiary/aromatic N) is 1. The van der Waals surface area contributed by atoms with Gasteiger partial charge in [-0.1, -0.05) is 47.5 Å². The Morgan fingerprint density at radius 3 is 2.39 bits per heavy atom. The van der Waals surface area contributed by atoms with Crippen LogP contribution in [0.1, 0.15) is 16.7 Å². The first-order chi connectivity index (χ1) is 11.0. The number of hydrogen-bond acceptors (Lipinski definition) is 2. The Balaban J connectivity index is 2.00. The zero-order chi connectivity index (χ0) is 16.4. The molecule has 0 aromatic heterocycles. The third kappa shape index (κ3) is 3.25. The Bertz CT molecular complexity index is 834. The van der Waals surface area contributed by atoms with Crippen molar-refractivity contribution in [1.29, 1.82) is 0 Å². The fraction of sp³-hybridized carbons (Fsp3) is 0.0526. The van der Waals surface area contributed by atoms with Crippen molar-refractivity contribution in [1.82, 2.24) is 0 Å². The SMILES string of the molecule is Cc1ccc(N2C(=O)C=CC2=O)c(/C=C/c2cccc(Cl)c2)c1. The van der Waals surface area contributed by atoms with Gasteiger partial charge in [-0.25, -0.2) is 4.90 Å². The molecule has 0 bridgehead atoms. The van der Waals surface area contributed by atoms with Crippen LogP contribution < -0.4 is 4.90 Å². The number of carbonyl (C=O) groups is 2. The smallest absolute Gasteiger partial charge is 0.258 e. The molecular weight excluding hydrogens is 310 g/mol. The summed E-state index contributed by atoms with van der Waals surface area (Å²) in [6, 6.07) is 13.1. The molecule has 0 unspecified atom stereocenters. The van der Waals surface area contributed by atoms with Crippen molar-refractivity contribution >= 4 is 41.3 Å². The summed E-state index contributed by atoms with van der Waals surface area (Å²) in [4.78, 5) is 25.0. The average Bonchev–Trinajstić information content (AvgIpc) is 2.85. The lowest BCUT2D eigenvalue weighted by atomic mass is 10.1. The Morgan fingerprint density at radius 2 is 1.70 bits per heavy atom. The fourth-order valence-corrected chi connectivity index (χ4v) is 2.64. The summed E-state index contributed by atoms with van der Waals surface area (Å²) in [5.41, 5.74) is 3.37. The molecule has 2 aromatic rings. The van der Waals surface area contributed by atoms with E-state index in [1.54, 1.807) is 6.07 Å². The van der Waals surface area contributed by atoms with Gasteiger partial charge in [0.1, 0.15) is 0 Å². The molecule has 1 heterocycles. The maximum absolute atomic E-state index is 11.9. The van der Waals surface area contributed by atoms with E-state index in [4.69, 9.17) is 11.6 Å². The number of halogens is 1. The molecular formula is C19H14ClNO2. The van der Waals surface area contributed by atoms with E-state index in [-0.39, 0.29) is 11.8 Å². The predicted octanol–water partition coefficient (Wildman–Crippen LogP) is 4.25. The van der Waals surface area contributed by atoms with Gasteiger partial charge in [-0.3, -0.25) is 9.59 Å². The van der Waals surface area contributed by atoms with E-state index >= 15 is 0 Å². The third-order valence-corrected chi connectivity index (χ3v) is 3.77. The largest absolute Gasteiger partial charge is 0.269 e. The molecule has 0 radical (unpaired) electrons. The van der Waals surface area contributed by atoms with Gasteiger partial charge in [0.05, 0.1) is 5.69 Å². The predicted molar refractivity (Wildman–Crippen MR) is 93.2 cm³/mol. The number of rotatable bonds is 3. The standard InChI is InChI=1S/C19H14ClNO2/c1-13-5-8-17(21-18(22)9-10-19(21)23)15(11-13)7-6-14-3-2-4-16(20)12-14/h2-12H,1H3/b7-6+. The molecule has 1 aliphatic heterocycles. The highest BCUT2D eigenvalue weighted by Crippen LogP contribution is 2.27. The molecule has 2 aromatic carbocycles. The van der Waals surface area contributed by atoms with Crippen LogP contribution in [0.25, 0.3) is 12.2 Å². The van der Waals surface area contributed by atoms with E-state index in [0.29, 0.717) is 10.7 Å². The number of imide groups is 1. The van der Waals surface area contributed by atoms with Gasteiger partial charge in [0.15, 0.2) is 0 Å². The Kier molecular flexibility index (Phi) is 4.13. The first kappa shape index (κ1) is 15.3. The Labute approximate surface area is 139 Å². The number of hydrogen-bond donors (Lipinski definition) is 0. The minimum absolute atomic E-state index is 0.323. The molecule has 0 saturated carbocycles. The second kappa shape index (κ2) is 6.23. The van der Waals surface area contributed by atoms with Gasteiger partial charge in [-0.15, -0.1) is 0 Å². The van der Waals surface area contributed by atoms with Crippen LogP contribution in [0.15, 0.2) is 54.6 Å². The van der Waals surface area contributed by atoms with Gasteiger partial charge < -0.3 is 0 Å². The molecule has 0 saturated heterocycles. The lowest BCUT2D eigenvalue weighted by molar-refractivity contribution is -0.119. The zero-order valence-corrected chi connectivity index (χ0v) is 13.2. The Morgan fingerprint density at radius 1 is 0.957 bits per heavy atom. The highest BCUT2D eigenvalue weighted by atomic mass is 35.5. The van der Waals surface area contributed by atoms with Gasteiger partial charge >= 0.3 is 0 Å². The van der Waals surface area contributed by atoms with Gasteiger partial charge in [0.2, 0.25) is 0 Å². The molecule has 4 heteroatoms. The van der Waals surface area contributed by atoms with Crippen LogP contribution >= 0.6 is 11.6 Å². The van der Waals surface area contributed by atoms with Crippen LogP contribution in [-0.2, 0) is 9.59 Å². The Hall–Kier alpha value is -2.65. The van der Waals surface area contributed by atoms with Crippen molar-refractivity contribution in [2.24, 2.45) is 0 Å². The van der Waals surface area contributed by atoms with Crippen molar-refractivity contribution in [2.75, 3.05) is 4.90 Å². The van der Waals surface area contributed by atoms with E-state index < -0.39 is 0 Å². The van der Waals surface area contributed by atoms with E-state index in [1.807, 2.05) is 55.5 Å². The molecule has 3 rings (SSSR count). The number of amides is 2. The van der Waals surface area contributed by atoms with Gasteiger partial charge in [0, 0.05) is 17.2 Å². The molecule has 1 aliphatic rings. The maximum Gasteiger partial charge on any atom is 0.258 e. The monoisotopic (exact) mass is 323 g/mol. The first-order valence-electron chi connectivity index (χ1n) is 7.15. The fourth-order valence-electron chi connectivity index (χ4n) is 2.45. The van der Waals surface area contributed by atoms with Crippen LogP contribution in [0.4, 0.5) is 5.69 Å². The van der Waals surface area contributed by atoms with E-state index in [0.717, 1.165) is 16.7 Å². The number of carbonyl (C=O) groups excluding carboxylic acids is 2. The topological polar surface area (TPSA) is 37.4 Å². The summed E-state index contributed by atoms with van der Waals surface area (Å²) in [6.45, 7) is 1.96. The van der Waals surface area contributed by atoms with Crippen molar-refractivity contribution in [3.8, 4) is 0 Å². The van der Waals surface area contributed by atoms with Crippen LogP contribution in [0.5, 0.6) is 0 Å². The van der Waals surface area contributed by atoms with Crippen molar-refractivity contribution < 1.29 is 9.59 Å². The molecule has 3 nitrogen and oxygen atoms in total. The molecule has 0 atom stereocenters. The van der Waals surface area contributed by atoms with Gasteiger partial charge in [0.25, 0.3) is 11.8 Å². The number of benzene rings is 2. The number of aryl methyl sites for hydroxylation is 1. The van der Waals surface area contributed by atoms with Crippen LogP contribution in [0, 0.1) is 6.92 Å².